The van der Waals surface area contributed by atoms with E-state index in [-0.39, 0.29) is 6.67 Å². The Morgan fingerprint density at radius 2 is 2.14 bits per heavy atom. The zero-order chi connectivity index (χ0) is 9.97. The first-order valence-electron chi connectivity index (χ1n) is 4.96. The largest absolute Gasteiger partial charge is 0.399 e. The summed E-state index contributed by atoms with van der Waals surface area (Å²) >= 11 is 0. The maximum Gasteiger partial charge on any atom is 0.102 e. The van der Waals surface area contributed by atoms with Crippen LogP contribution in [0.1, 0.15) is 11.1 Å². The zero-order valence-electron chi connectivity index (χ0n) is 8.09. The third-order valence-corrected chi connectivity index (χ3v) is 2.69. The number of hydrogen-bond donors (Lipinski definition) is 2. The van der Waals surface area contributed by atoms with Gasteiger partial charge in [-0.1, -0.05) is 6.07 Å². The van der Waals surface area contributed by atoms with Crippen molar-refractivity contribution in [3.63, 3.8) is 0 Å². The van der Waals surface area contributed by atoms with Gasteiger partial charge in [0.15, 0.2) is 0 Å². The third-order valence-electron chi connectivity index (χ3n) is 2.69. The molecule has 0 radical (unpaired) electrons. The van der Waals surface area contributed by atoms with Crippen LogP contribution in [-0.2, 0) is 12.8 Å². The number of anilines is 1. The first kappa shape index (κ1) is 9.46. The number of rotatable bonds is 3. The Kier molecular flexibility index (Phi) is 2.68. The average molecular weight is 194 g/mol. The van der Waals surface area contributed by atoms with E-state index in [0.29, 0.717) is 12.6 Å². The van der Waals surface area contributed by atoms with Crippen LogP contribution in [-0.4, -0.2) is 19.3 Å². The van der Waals surface area contributed by atoms with Gasteiger partial charge in [-0.2, -0.15) is 0 Å². The molecule has 76 valence electrons. The summed E-state index contributed by atoms with van der Waals surface area (Å²) in [5.41, 5.74) is 9.16. The fourth-order valence-corrected chi connectivity index (χ4v) is 2.04. The van der Waals surface area contributed by atoms with Gasteiger partial charge in [-0.3, -0.25) is 0 Å². The normalized spacial score (nSPS) is 19.6. The van der Waals surface area contributed by atoms with Crippen molar-refractivity contribution in [1.82, 2.24) is 5.32 Å². The SMILES string of the molecule is Nc1ccc2c(c1)CC(NCCF)C2. The summed E-state index contributed by atoms with van der Waals surface area (Å²) in [4.78, 5) is 0. The molecule has 0 aliphatic heterocycles. The van der Waals surface area contributed by atoms with E-state index in [1.165, 1.54) is 11.1 Å². The molecule has 2 nitrogen and oxygen atoms in total. The minimum Gasteiger partial charge on any atom is -0.399 e. The van der Waals surface area contributed by atoms with E-state index in [1.54, 1.807) is 0 Å². The molecule has 0 aromatic heterocycles. The fraction of sp³-hybridized carbons (Fsp3) is 0.455. The third kappa shape index (κ3) is 1.87. The molecule has 1 aliphatic rings. The first-order valence-corrected chi connectivity index (χ1v) is 4.96. The monoisotopic (exact) mass is 194 g/mol. The van der Waals surface area contributed by atoms with E-state index in [9.17, 15) is 4.39 Å². The zero-order valence-corrected chi connectivity index (χ0v) is 8.09. The molecular weight excluding hydrogens is 179 g/mol. The molecule has 2 rings (SSSR count). The Balaban J connectivity index is 2.03. The number of nitrogens with two attached hydrogens (primary N) is 1. The second-order valence-corrected chi connectivity index (χ2v) is 3.78. The van der Waals surface area contributed by atoms with Crippen LogP contribution in [0.25, 0.3) is 0 Å². The second kappa shape index (κ2) is 3.96. The molecule has 3 N–H and O–H groups in total. The first-order chi connectivity index (χ1) is 6.79. The van der Waals surface area contributed by atoms with Crippen LogP contribution in [0.4, 0.5) is 10.1 Å². The highest BCUT2D eigenvalue weighted by Crippen LogP contribution is 2.24. The van der Waals surface area contributed by atoms with Gasteiger partial charge in [0.1, 0.15) is 6.67 Å². The molecule has 1 aromatic rings. The molecule has 0 bridgehead atoms. The Labute approximate surface area is 83.3 Å². The molecule has 14 heavy (non-hydrogen) atoms. The van der Waals surface area contributed by atoms with Gasteiger partial charge >= 0.3 is 0 Å². The second-order valence-electron chi connectivity index (χ2n) is 3.78. The van der Waals surface area contributed by atoms with E-state index in [2.05, 4.69) is 11.4 Å². The summed E-state index contributed by atoms with van der Waals surface area (Å²) in [6, 6.07) is 6.41. The molecule has 1 aliphatic carbocycles. The Hall–Kier alpha value is -1.09. The minimum absolute atomic E-state index is 0.297. The van der Waals surface area contributed by atoms with Gasteiger partial charge in [-0.25, -0.2) is 4.39 Å². The number of nitrogens with one attached hydrogen (secondary N) is 1. The van der Waals surface area contributed by atoms with Crippen LogP contribution in [0.3, 0.4) is 0 Å². The molecule has 0 fully saturated rings. The van der Waals surface area contributed by atoms with Crippen molar-refractivity contribution >= 4 is 5.69 Å². The Bertz CT molecular complexity index is 325. The summed E-state index contributed by atoms with van der Waals surface area (Å²) in [5.74, 6) is 0. The highest BCUT2D eigenvalue weighted by molar-refractivity contribution is 5.47. The van der Waals surface area contributed by atoms with Crippen LogP contribution in [0.5, 0.6) is 0 Å². The summed E-state index contributed by atoms with van der Waals surface area (Å²) in [6.07, 6.45) is 1.97. The molecule has 0 saturated carbocycles. The summed E-state index contributed by atoms with van der Waals surface area (Å²) in [5, 5.41) is 3.18. The molecule has 1 atom stereocenters. The van der Waals surface area contributed by atoms with Crippen molar-refractivity contribution in [2.45, 2.75) is 18.9 Å². The van der Waals surface area contributed by atoms with Crippen molar-refractivity contribution in [2.24, 2.45) is 0 Å². The lowest BCUT2D eigenvalue weighted by atomic mass is 10.1. The van der Waals surface area contributed by atoms with Crippen LogP contribution in [0.15, 0.2) is 18.2 Å². The molecule has 3 heteroatoms. The highest BCUT2D eigenvalue weighted by atomic mass is 19.1. The lowest BCUT2D eigenvalue weighted by Crippen LogP contribution is -2.31. The van der Waals surface area contributed by atoms with Gasteiger partial charge in [0, 0.05) is 18.3 Å². The number of hydrogen-bond acceptors (Lipinski definition) is 2. The van der Waals surface area contributed by atoms with Crippen molar-refractivity contribution in [3.8, 4) is 0 Å². The van der Waals surface area contributed by atoms with E-state index < -0.39 is 0 Å². The van der Waals surface area contributed by atoms with Gasteiger partial charge in [-0.05, 0) is 36.1 Å². The molecule has 0 heterocycles. The van der Waals surface area contributed by atoms with E-state index >= 15 is 0 Å². The van der Waals surface area contributed by atoms with Gasteiger partial charge in [0.05, 0.1) is 0 Å². The predicted molar refractivity (Wildman–Crippen MR) is 56.0 cm³/mol. The molecule has 0 amide bonds. The molecule has 0 spiro atoms. The number of nitrogen functional groups attached to an aromatic ring is 1. The van der Waals surface area contributed by atoms with E-state index in [4.69, 9.17) is 5.73 Å². The van der Waals surface area contributed by atoms with Crippen molar-refractivity contribution < 1.29 is 4.39 Å². The lowest BCUT2D eigenvalue weighted by Gasteiger charge is -2.08. The van der Waals surface area contributed by atoms with E-state index in [1.807, 2.05) is 12.1 Å². The summed E-state index contributed by atoms with van der Waals surface area (Å²) < 4.78 is 12.0. The average Bonchev–Trinajstić information content (AvgIpc) is 2.56. The fourth-order valence-electron chi connectivity index (χ4n) is 2.04. The molecule has 0 saturated heterocycles. The van der Waals surface area contributed by atoms with Crippen LogP contribution in [0.2, 0.25) is 0 Å². The number of alkyl halides is 1. The van der Waals surface area contributed by atoms with Crippen LogP contribution >= 0.6 is 0 Å². The van der Waals surface area contributed by atoms with Crippen molar-refractivity contribution in [3.05, 3.63) is 29.3 Å². The van der Waals surface area contributed by atoms with E-state index in [0.717, 1.165) is 18.5 Å². The van der Waals surface area contributed by atoms with Crippen molar-refractivity contribution in [2.75, 3.05) is 19.0 Å². The van der Waals surface area contributed by atoms with Gasteiger partial charge in [0.2, 0.25) is 0 Å². The number of halogens is 1. The standard InChI is InChI=1S/C11H15FN2/c12-3-4-14-11-6-8-1-2-10(13)5-9(8)7-11/h1-2,5,11,14H,3-4,6-7,13H2. The topological polar surface area (TPSA) is 38.0 Å². The van der Waals surface area contributed by atoms with Crippen LogP contribution < -0.4 is 11.1 Å². The Morgan fingerprint density at radius 1 is 1.36 bits per heavy atom. The number of benzene rings is 1. The highest BCUT2D eigenvalue weighted by Gasteiger charge is 2.20. The quantitative estimate of drug-likeness (QED) is 0.712. The Morgan fingerprint density at radius 3 is 2.93 bits per heavy atom. The lowest BCUT2D eigenvalue weighted by molar-refractivity contribution is 0.434. The van der Waals surface area contributed by atoms with Crippen LogP contribution in [0, 0.1) is 0 Å². The van der Waals surface area contributed by atoms with Gasteiger partial charge < -0.3 is 11.1 Å². The summed E-state index contributed by atoms with van der Waals surface area (Å²) in [6.45, 7) is 0.156. The molecule has 1 unspecified atom stereocenters. The maximum atomic E-state index is 12.0. The molecular formula is C11H15FN2. The molecule has 1 aromatic carbocycles. The number of fused-ring (bicyclic) bond motifs is 1. The maximum absolute atomic E-state index is 12.0. The smallest absolute Gasteiger partial charge is 0.102 e. The van der Waals surface area contributed by atoms with Crippen molar-refractivity contribution in [1.29, 1.82) is 0 Å². The predicted octanol–water partition coefficient (Wildman–Crippen LogP) is 1.30. The summed E-state index contributed by atoms with van der Waals surface area (Å²) in [7, 11) is 0. The van der Waals surface area contributed by atoms with Gasteiger partial charge in [-0.15, -0.1) is 0 Å². The minimum atomic E-state index is -0.297. The van der Waals surface area contributed by atoms with Gasteiger partial charge in [0.25, 0.3) is 0 Å².